The zero-order valence-corrected chi connectivity index (χ0v) is 13.2. The summed E-state index contributed by atoms with van der Waals surface area (Å²) in [5.41, 5.74) is 1.38. The second kappa shape index (κ2) is 6.40. The summed E-state index contributed by atoms with van der Waals surface area (Å²) in [6, 6.07) is 8.46. The van der Waals surface area contributed by atoms with E-state index in [2.05, 4.69) is 47.6 Å². The van der Waals surface area contributed by atoms with Crippen molar-refractivity contribution in [1.29, 1.82) is 0 Å². The number of ether oxygens (including phenoxy) is 1. The van der Waals surface area contributed by atoms with E-state index in [4.69, 9.17) is 4.74 Å². The molecule has 0 bridgehead atoms. The second-order valence-corrected chi connectivity index (χ2v) is 7.40. The van der Waals surface area contributed by atoms with E-state index >= 15 is 0 Å². The van der Waals surface area contributed by atoms with Gasteiger partial charge in [-0.05, 0) is 25.2 Å². The Hall–Kier alpha value is -0.670. The Morgan fingerprint density at radius 3 is 2.85 bits per heavy atom. The van der Waals surface area contributed by atoms with Crippen LogP contribution < -0.4 is 10.1 Å². The summed E-state index contributed by atoms with van der Waals surface area (Å²) in [7, 11) is 0. The molecule has 1 unspecified atom stereocenters. The van der Waals surface area contributed by atoms with Crippen LogP contribution >= 0.6 is 11.8 Å². The minimum Gasteiger partial charge on any atom is -0.493 e. The van der Waals surface area contributed by atoms with Gasteiger partial charge in [0.05, 0.1) is 6.61 Å². The maximum atomic E-state index is 5.76. The van der Waals surface area contributed by atoms with Crippen LogP contribution in [0.5, 0.6) is 5.75 Å². The minimum absolute atomic E-state index is 0.483. The topological polar surface area (TPSA) is 21.3 Å². The van der Waals surface area contributed by atoms with Gasteiger partial charge in [0.25, 0.3) is 0 Å². The molecule has 3 rings (SSSR count). The Balaban J connectivity index is 1.53. The van der Waals surface area contributed by atoms with Gasteiger partial charge in [0.2, 0.25) is 0 Å². The van der Waals surface area contributed by atoms with Crippen LogP contribution in [0, 0.1) is 0 Å². The van der Waals surface area contributed by atoms with Crippen molar-refractivity contribution in [3.05, 3.63) is 29.8 Å². The van der Waals surface area contributed by atoms with Crippen molar-refractivity contribution in [1.82, 2.24) is 5.32 Å². The van der Waals surface area contributed by atoms with E-state index in [1.807, 2.05) is 0 Å². The molecule has 1 N–H and O–H groups in total. The van der Waals surface area contributed by atoms with Crippen molar-refractivity contribution in [3.63, 3.8) is 0 Å². The second-order valence-electron chi connectivity index (χ2n) is 6.12. The van der Waals surface area contributed by atoms with E-state index in [-0.39, 0.29) is 0 Å². The monoisotopic (exact) mass is 291 g/mol. The van der Waals surface area contributed by atoms with Gasteiger partial charge >= 0.3 is 0 Å². The standard InChI is InChI=1S/C17H25NOS/c1-20-17(9-5-2-6-10-17)13-18-11-14-12-19-16-8-4-3-7-15(14)16/h3-4,7-8,14,18H,2,5-6,9-13H2,1H3. The first-order valence-electron chi connectivity index (χ1n) is 7.81. The van der Waals surface area contributed by atoms with Gasteiger partial charge in [-0.2, -0.15) is 11.8 Å². The van der Waals surface area contributed by atoms with E-state index in [0.717, 1.165) is 25.4 Å². The summed E-state index contributed by atoms with van der Waals surface area (Å²) in [6.07, 6.45) is 9.25. The van der Waals surface area contributed by atoms with Gasteiger partial charge in [0.15, 0.2) is 0 Å². The molecule has 1 aliphatic heterocycles. The molecular weight excluding hydrogens is 266 g/mol. The summed E-state index contributed by atoms with van der Waals surface area (Å²) >= 11 is 2.07. The molecule has 1 saturated carbocycles. The number of benzene rings is 1. The summed E-state index contributed by atoms with van der Waals surface area (Å²) in [4.78, 5) is 0. The van der Waals surface area contributed by atoms with Gasteiger partial charge in [-0.25, -0.2) is 0 Å². The third-order valence-corrected chi connectivity index (χ3v) is 6.25. The Morgan fingerprint density at radius 2 is 2.05 bits per heavy atom. The number of thioether (sulfide) groups is 1. The van der Waals surface area contributed by atoms with Crippen LogP contribution in [-0.2, 0) is 0 Å². The Labute approximate surface area is 126 Å². The summed E-state index contributed by atoms with van der Waals surface area (Å²) < 4.78 is 6.24. The lowest BCUT2D eigenvalue weighted by atomic mass is 9.88. The first-order chi connectivity index (χ1) is 9.83. The van der Waals surface area contributed by atoms with E-state index in [0.29, 0.717) is 10.7 Å². The lowest BCUT2D eigenvalue weighted by Crippen LogP contribution is -2.40. The zero-order chi connectivity index (χ0) is 13.8. The highest BCUT2D eigenvalue weighted by Gasteiger charge is 2.31. The van der Waals surface area contributed by atoms with Crippen molar-refractivity contribution < 1.29 is 4.74 Å². The highest BCUT2D eigenvalue weighted by molar-refractivity contribution is 8.00. The molecule has 0 aromatic heterocycles. The first-order valence-corrected chi connectivity index (χ1v) is 9.03. The fourth-order valence-corrected chi connectivity index (χ4v) is 4.46. The van der Waals surface area contributed by atoms with E-state index in [1.54, 1.807) is 0 Å². The lowest BCUT2D eigenvalue weighted by molar-refractivity contribution is 0.320. The van der Waals surface area contributed by atoms with Crippen LogP contribution in [0.3, 0.4) is 0 Å². The van der Waals surface area contributed by atoms with Crippen LogP contribution in [0.4, 0.5) is 0 Å². The summed E-state index contributed by atoms with van der Waals surface area (Å²) in [5.74, 6) is 1.60. The lowest BCUT2D eigenvalue weighted by Gasteiger charge is -2.36. The smallest absolute Gasteiger partial charge is 0.122 e. The average molecular weight is 291 g/mol. The molecule has 1 aromatic rings. The third-order valence-electron chi connectivity index (χ3n) is 4.83. The van der Waals surface area contributed by atoms with Gasteiger partial charge in [-0.15, -0.1) is 0 Å². The Morgan fingerprint density at radius 1 is 1.25 bits per heavy atom. The normalized spacial score (nSPS) is 24.1. The maximum Gasteiger partial charge on any atom is 0.122 e. The molecule has 20 heavy (non-hydrogen) atoms. The predicted molar refractivity (Wildman–Crippen MR) is 86.9 cm³/mol. The third kappa shape index (κ3) is 2.99. The molecule has 0 spiro atoms. The van der Waals surface area contributed by atoms with Gasteiger partial charge in [-0.1, -0.05) is 37.5 Å². The number of fused-ring (bicyclic) bond motifs is 1. The molecule has 1 heterocycles. The maximum absolute atomic E-state index is 5.76. The van der Waals surface area contributed by atoms with Gasteiger partial charge < -0.3 is 10.1 Å². The molecule has 1 aliphatic carbocycles. The van der Waals surface area contributed by atoms with Crippen LogP contribution in [0.2, 0.25) is 0 Å². The van der Waals surface area contributed by atoms with Crippen LogP contribution in [0.15, 0.2) is 24.3 Å². The predicted octanol–water partition coefficient (Wildman–Crippen LogP) is 3.82. The quantitative estimate of drug-likeness (QED) is 0.891. The largest absolute Gasteiger partial charge is 0.493 e. The highest BCUT2D eigenvalue weighted by Crippen LogP contribution is 2.38. The van der Waals surface area contributed by atoms with Crippen molar-refractivity contribution >= 4 is 11.8 Å². The summed E-state index contributed by atoms with van der Waals surface area (Å²) in [5, 5.41) is 3.73. The SMILES string of the molecule is CSC1(CNCC2COc3ccccc32)CCCCC1. The fourth-order valence-electron chi connectivity index (χ4n) is 3.52. The molecule has 0 saturated heterocycles. The number of para-hydroxylation sites is 1. The molecule has 2 aliphatic rings. The average Bonchev–Trinajstić information content (AvgIpc) is 2.92. The molecule has 1 aromatic carbocycles. The molecule has 0 amide bonds. The van der Waals surface area contributed by atoms with Gasteiger partial charge in [0, 0.05) is 29.3 Å². The highest BCUT2D eigenvalue weighted by atomic mass is 32.2. The van der Waals surface area contributed by atoms with Crippen molar-refractivity contribution in [2.45, 2.75) is 42.8 Å². The Bertz CT molecular complexity index is 442. The molecule has 1 atom stereocenters. The van der Waals surface area contributed by atoms with Crippen molar-refractivity contribution in [2.75, 3.05) is 26.0 Å². The number of hydrogen-bond acceptors (Lipinski definition) is 3. The fraction of sp³-hybridized carbons (Fsp3) is 0.647. The number of hydrogen-bond donors (Lipinski definition) is 1. The van der Waals surface area contributed by atoms with E-state index in [1.165, 1.54) is 37.7 Å². The van der Waals surface area contributed by atoms with Crippen molar-refractivity contribution in [2.24, 2.45) is 0 Å². The molecule has 110 valence electrons. The van der Waals surface area contributed by atoms with Crippen LogP contribution in [-0.4, -0.2) is 30.7 Å². The van der Waals surface area contributed by atoms with Crippen LogP contribution in [0.1, 0.15) is 43.6 Å². The zero-order valence-electron chi connectivity index (χ0n) is 12.4. The Kier molecular flexibility index (Phi) is 4.57. The summed E-state index contributed by atoms with van der Waals surface area (Å²) in [6.45, 7) is 3.02. The molecule has 2 nitrogen and oxygen atoms in total. The molecule has 3 heteroatoms. The molecule has 0 radical (unpaired) electrons. The van der Waals surface area contributed by atoms with Gasteiger partial charge in [0.1, 0.15) is 5.75 Å². The van der Waals surface area contributed by atoms with E-state index in [9.17, 15) is 0 Å². The first kappa shape index (κ1) is 14.3. The molecule has 1 fully saturated rings. The van der Waals surface area contributed by atoms with Crippen molar-refractivity contribution in [3.8, 4) is 5.75 Å². The number of rotatable bonds is 5. The number of nitrogens with one attached hydrogen (secondary N) is 1. The molecular formula is C17H25NOS. The van der Waals surface area contributed by atoms with Crippen LogP contribution in [0.25, 0.3) is 0 Å². The van der Waals surface area contributed by atoms with Gasteiger partial charge in [-0.3, -0.25) is 0 Å². The minimum atomic E-state index is 0.483. The van der Waals surface area contributed by atoms with E-state index < -0.39 is 0 Å².